The van der Waals surface area contributed by atoms with E-state index in [0.717, 1.165) is 24.9 Å². The van der Waals surface area contributed by atoms with Gasteiger partial charge in [0.2, 0.25) is 0 Å². The number of rotatable bonds is 2. The molecule has 0 aromatic heterocycles. The molecule has 1 aromatic rings. The number of carbonyl (C=O) groups is 1. The number of phenolic OH excluding ortho intramolecular Hbond substituents is 1. The lowest BCUT2D eigenvalue weighted by Gasteiger charge is -2.35. The van der Waals surface area contributed by atoms with E-state index in [-0.39, 0.29) is 17.7 Å². The number of nitrogens with one attached hydrogen (secondary N) is 1. The van der Waals surface area contributed by atoms with E-state index >= 15 is 0 Å². The van der Waals surface area contributed by atoms with Crippen molar-refractivity contribution in [3.63, 3.8) is 0 Å². The molecule has 2 atom stereocenters. The zero-order chi connectivity index (χ0) is 14.0. The quantitative estimate of drug-likeness (QED) is 0.856. The van der Waals surface area contributed by atoms with Crippen LogP contribution in [0, 0.1) is 6.92 Å². The van der Waals surface area contributed by atoms with Gasteiger partial charge < -0.3 is 15.3 Å². The Morgan fingerprint density at radius 1 is 1.47 bits per heavy atom. The van der Waals surface area contributed by atoms with Crippen LogP contribution in [-0.2, 0) is 0 Å². The van der Waals surface area contributed by atoms with Crippen LogP contribution in [0.25, 0.3) is 0 Å². The van der Waals surface area contributed by atoms with Crippen molar-refractivity contribution < 1.29 is 9.90 Å². The van der Waals surface area contributed by atoms with Crippen molar-refractivity contribution in [2.24, 2.45) is 0 Å². The number of hydrogen-bond acceptors (Lipinski definition) is 3. The number of aromatic hydroxyl groups is 1. The highest BCUT2D eigenvalue weighted by Crippen LogP contribution is 2.19. The summed E-state index contributed by atoms with van der Waals surface area (Å²) in [6, 6.07) is 5.76. The Labute approximate surface area is 114 Å². The average Bonchev–Trinajstić information content (AvgIpc) is 2.37. The molecule has 2 rings (SSSR count). The Bertz CT molecular complexity index is 473. The fraction of sp³-hybridized carbons (Fsp3) is 0.533. The standard InChI is InChI=1S/C15H22N2O2/c1-10-4-5-12(9-14(10)18)15(19)16-13-6-7-17(3)11(2)8-13/h4-5,9,11,13,18H,6-8H2,1-3H3,(H,16,19). The van der Waals surface area contributed by atoms with Crippen LogP contribution in [0.5, 0.6) is 5.75 Å². The molecule has 4 heteroatoms. The fourth-order valence-corrected chi connectivity index (χ4v) is 2.44. The minimum atomic E-state index is -0.1000. The fourth-order valence-electron chi connectivity index (χ4n) is 2.44. The molecule has 0 bridgehead atoms. The van der Waals surface area contributed by atoms with Gasteiger partial charge in [-0.3, -0.25) is 4.79 Å². The second-order valence-corrected chi connectivity index (χ2v) is 5.53. The van der Waals surface area contributed by atoms with Gasteiger partial charge in [-0.2, -0.15) is 0 Å². The first kappa shape index (κ1) is 13.9. The molecule has 104 valence electrons. The van der Waals surface area contributed by atoms with Crippen LogP contribution in [0.4, 0.5) is 0 Å². The molecule has 1 heterocycles. The highest BCUT2D eigenvalue weighted by atomic mass is 16.3. The van der Waals surface area contributed by atoms with Gasteiger partial charge in [-0.15, -0.1) is 0 Å². The highest BCUT2D eigenvalue weighted by molar-refractivity contribution is 5.94. The van der Waals surface area contributed by atoms with E-state index < -0.39 is 0 Å². The highest BCUT2D eigenvalue weighted by Gasteiger charge is 2.24. The Morgan fingerprint density at radius 3 is 2.84 bits per heavy atom. The first-order chi connectivity index (χ1) is 8.97. The second-order valence-electron chi connectivity index (χ2n) is 5.53. The van der Waals surface area contributed by atoms with Gasteiger partial charge in [0.1, 0.15) is 5.75 Å². The zero-order valence-corrected chi connectivity index (χ0v) is 11.8. The number of amides is 1. The third-order valence-corrected chi connectivity index (χ3v) is 4.01. The summed E-state index contributed by atoms with van der Waals surface area (Å²) in [6.07, 6.45) is 1.95. The van der Waals surface area contributed by atoms with Gasteiger partial charge in [0.25, 0.3) is 5.91 Å². The molecule has 1 aliphatic rings. The Balaban J connectivity index is 1.99. The maximum atomic E-state index is 12.1. The van der Waals surface area contributed by atoms with Crippen molar-refractivity contribution in [1.29, 1.82) is 0 Å². The molecule has 1 amide bonds. The largest absolute Gasteiger partial charge is 0.508 e. The third kappa shape index (κ3) is 3.26. The van der Waals surface area contributed by atoms with Gasteiger partial charge in [0, 0.05) is 24.2 Å². The first-order valence-electron chi connectivity index (χ1n) is 6.78. The number of benzene rings is 1. The first-order valence-corrected chi connectivity index (χ1v) is 6.78. The SMILES string of the molecule is Cc1ccc(C(=O)NC2CCN(C)C(C)C2)cc1O. The lowest BCUT2D eigenvalue weighted by molar-refractivity contribution is 0.0896. The van der Waals surface area contributed by atoms with E-state index in [0.29, 0.717) is 11.6 Å². The molecule has 2 N–H and O–H groups in total. The predicted molar refractivity (Wildman–Crippen MR) is 75.4 cm³/mol. The van der Waals surface area contributed by atoms with E-state index in [2.05, 4.69) is 24.2 Å². The van der Waals surface area contributed by atoms with Crippen LogP contribution < -0.4 is 5.32 Å². The van der Waals surface area contributed by atoms with Gasteiger partial charge in [-0.05, 0) is 51.4 Å². The summed E-state index contributed by atoms with van der Waals surface area (Å²) in [4.78, 5) is 14.4. The number of aryl methyl sites for hydroxylation is 1. The van der Waals surface area contributed by atoms with Crippen LogP contribution in [0.1, 0.15) is 35.7 Å². The maximum absolute atomic E-state index is 12.1. The van der Waals surface area contributed by atoms with Gasteiger partial charge in [-0.1, -0.05) is 6.07 Å². The van der Waals surface area contributed by atoms with Crippen molar-refractivity contribution in [3.8, 4) is 5.75 Å². The van der Waals surface area contributed by atoms with Gasteiger partial charge >= 0.3 is 0 Å². The van der Waals surface area contributed by atoms with E-state index in [9.17, 15) is 9.90 Å². The lowest BCUT2D eigenvalue weighted by Crippen LogP contribution is -2.47. The van der Waals surface area contributed by atoms with Crippen molar-refractivity contribution in [1.82, 2.24) is 10.2 Å². The van der Waals surface area contributed by atoms with Crippen LogP contribution in [0.15, 0.2) is 18.2 Å². The van der Waals surface area contributed by atoms with Crippen molar-refractivity contribution >= 4 is 5.91 Å². The van der Waals surface area contributed by atoms with E-state index in [1.165, 1.54) is 6.07 Å². The summed E-state index contributed by atoms with van der Waals surface area (Å²) in [7, 11) is 2.11. The molecule has 1 aromatic carbocycles. The van der Waals surface area contributed by atoms with Crippen molar-refractivity contribution in [2.45, 2.75) is 38.8 Å². The second kappa shape index (κ2) is 5.61. The molecular formula is C15H22N2O2. The molecule has 0 saturated carbocycles. The molecule has 4 nitrogen and oxygen atoms in total. The average molecular weight is 262 g/mol. The van der Waals surface area contributed by atoms with Gasteiger partial charge in [0.15, 0.2) is 0 Å². The van der Waals surface area contributed by atoms with Crippen LogP contribution in [0.3, 0.4) is 0 Å². The lowest BCUT2D eigenvalue weighted by atomic mass is 9.98. The van der Waals surface area contributed by atoms with Gasteiger partial charge in [-0.25, -0.2) is 0 Å². The smallest absolute Gasteiger partial charge is 0.251 e. The number of piperidine rings is 1. The third-order valence-electron chi connectivity index (χ3n) is 4.01. The van der Waals surface area contributed by atoms with Crippen molar-refractivity contribution in [3.05, 3.63) is 29.3 Å². The molecule has 0 spiro atoms. The molecule has 1 fully saturated rings. The number of phenols is 1. The Morgan fingerprint density at radius 2 is 2.21 bits per heavy atom. The van der Waals surface area contributed by atoms with Crippen molar-refractivity contribution in [2.75, 3.05) is 13.6 Å². The molecular weight excluding hydrogens is 240 g/mol. The van der Waals surface area contributed by atoms with Crippen LogP contribution >= 0.6 is 0 Å². The topological polar surface area (TPSA) is 52.6 Å². The minimum absolute atomic E-state index is 0.1000. The summed E-state index contributed by atoms with van der Waals surface area (Å²) < 4.78 is 0. The normalized spacial score (nSPS) is 24.2. The van der Waals surface area contributed by atoms with E-state index in [1.54, 1.807) is 12.1 Å². The minimum Gasteiger partial charge on any atom is -0.508 e. The number of hydrogen-bond donors (Lipinski definition) is 2. The number of nitrogens with zero attached hydrogens (tertiary/aromatic N) is 1. The molecule has 1 saturated heterocycles. The molecule has 19 heavy (non-hydrogen) atoms. The van der Waals surface area contributed by atoms with E-state index in [1.807, 2.05) is 6.92 Å². The summed E-state index contributed by atoms with van der Waals surface area (Å²) in [6.45, 7) is 5.00. The summed E-state index contributed by atoms with van der Waals surface area (Å²) in [5.74, 6) is 0.0708. The monoisotopic (exact) mass is 262 g/mol. The summed E-state index contributed by atoms with van der Waals surface area (Å²) >= 11 is 0. The number of likely N-dealkylation sites (tertiary alicyclic amines) is 1. The Hall–Kier alpha value is -1.55. The van der Waals surface area contributed by atoms with Crippen LogP contribution in [-0.4, -0.2) is 41.6 Å². The molecule has 2 unspecified atom stereocenters. The number of carbonyl (C=O) groups excluding carboxylic acids is 1. The van der Waals surface area contributed by atoms with E-state index in [4.69, 9.17) is 0 Å². The Kier molecular flexibility index (Phi) is 4.10. The molecule has 0 radical (unpaired) electrons. The predicted octanol–water partition coefficient (Wildman–Crippen LogP) is 1.91. The summed E-state index contributed by atoms with van der Waals surface area (Å²) in [5.41, 5.74) is 1.30. The van der Waals surface area contributed by atoms with Crippen LogP contribution in [0.2, 0.25) is 0 Å². The van der Waals surface area contributed by atoms with Gasteiger partial charge in [0.05, 0.1) is 0 Å². The zero-order valence-electron chi connectivity index (χ0n) is 11.8. The maximum Gasteiger partial charge on any atom is 0.251 e. The summed E-state index contributed by atoms with van der Waals surface area (Å²) in [5, 5.41) is 12.7. The molecule has 1 aliphatic heterocycles. The molecule has 0 aliphatic carbocycles.